The molecular formula is C22H38. The van der Waals surface area contributed by atoms with Gasteiger partial charge >= 0.3 is 0 Å². The van der Waals surface area contributed by atoms with Gasteiger partial charge in [0.2, 0.25) is 0 Å². The lowest BCUT2D eigenvalue weighted by molar-refractivity contribution is 0.507. The average Bonchev–Trinajstić information content (AvgIpc) is 2.53. The molecule has 1 unspecified atom stereocenters. The summed E-state index contributed by atoms with van der Waals surface area (Å²) >= 11 is 0. The monoisotopic (exact) mass is 302 g/mol. The first kappa shape index (κ1) is 21.0. The quantitative estimate of drug-likeness (QED) is 0.133. The minimum atomic E-state index is 0.647. The summed E-state index contributed by atoms with van der Waals surface area (Å²) in [6.07, 6.45) is 22.6. The van der Waals surface area contributed by atoms with Crippen LogP contribution in [0, 0.1) is 5.92 Å². The van der Waals surface area contributed by atoms with Crippen LogP contribution in [-0.2, 0) is 0 Å². The van der Waals surface area contributed by atoms with E-state index in [2.05, 4.69) is 57.4 Å². The van der Waals surface area contributed by atoms with E-state index < -0.39 is 0 Å². The van der Waals surface area contributed by atoms with Gasteiger partial charge in [-0.3, -0.25) is 0 Å². The van der Waals surface area contributed by atoms with E-state index in [0.29, 0.717) is 5.92 Å². The summed E-state index contributed by atoms with van der Waals surface area (Å²) in [5.74, 6) is 0.647. The Morgan fingerprint density at radius 2 is 1.68 bits per heavy atom. The molecule has 0 heteroatoms. The molecule has 0 saturated heterocycles. The highest BCUT2D eigenvalue weighted by atomic mass is 14.1. The number of unbranched alkanes of at least 4 members (excludes halogenated alkanes) is 5. The number of rotatable bonds is 14. The Labute approximate surface area is 140 Å². The summed E-state index contributed by atoms with van der Waals surface area (Å²) < 4.78 is 0. The molecule has 0 fully saturated rings. The maximum Gasteiger partial charge on any atom is -0.00358 e. The fourth-order valence-corrected chi connectivity index (χ4v) is 2.59. The molecule has 0 aliphatic heterocycles. The minimum Gasteiger partial charge on any atom is -0.121 e. The maximum atomic E-state index is 3.89. The van der Waals surface area contributed by atoms with Crippen LogP contribution in [0.1, 0.15) is 91.4 Å². The molecule has 22 heavy (non-hydrogen) atoms. The number of hydrogen-bond donors (Lipinski definition) is 0. The Balaban J connectivity index is 4.93. The molecule has 0 amide bonds. The van der Waals surface area contributed by atoms with E-state index >= 15 is 0 Å². The highest BCUT2D eigenvalue weighted by Gasteiger charge is 2.10. The van der Waals surface area contributed by atoms with Gasteiger partial charge in [0.25, 0.3) is 0 Å². The van der Waals surface area contributed by atoms with E-state index in [0.717, 1.165) is 6.42 Å². The third kappa shape index (κ3) is 11.6. The number of hydrogen-bond acceptors (Lipinski definition) is 0. The molecule has 0 spiro atoms. The van der Waals surface area contributed by atoms with Crippen LogP contribution in [0.25, 0.3) is 0 Å². The topological polar surface area (TPSA) is 0 Å². The largest absolute Gasteiger partial charge is 0.121 e. The molecule has 0 radical (unpaired) electrons. The van der Waals surface area contributed by atoms with Crippen molar-refractivity contribution in [3.05, 3.63) is 42.2 Å². The smallest absolute Gasteiger partial charge is 0.00358 e. The van der Waals surface area contributed by atoms with Gasteiger partial charge in [0, 0.05) is 0 Å². The lowest BCUT2D eigenvalue weighted by Crippen LogP contribution is -2.02. The fourth-order valence-electron chi connectivity index (χ4n) is 2.59. The first-order chi connectivity index (χ1) is 10.8. The molecule has 0 N–H and O–H groups in total. The Kier molecular flexibility index (Phi) is 15.6. The number of allylic oxidation sites excluding steroid dienone is 4. The summed E-state index contributed by atoms with van der Waals surface area (Å²) in [6.45, 7) is 10.7. The Morgan fingerprint density at radius 3 is 2.32 bits per heavy atom. The van der Waals surface area contributed by atoms with Crippen LogP contribution in [0.15, 0.2) is 42.2 Å². The van der Waals surface area contributed by atoms with Gasteiger partial charge in [0.05, 0.1) is 0 Å². The molecule has 0 saturated carbocycles. The second kappa shape index (κ2) is 16.4. The highest BCUT2D eigenvalue weighted by molar-refractivity contribution is 5.21. The zero-order chi connectivity index (χ0) is 16.5. The minimum absolute atomic E-state index is 0.647. The molecule has 0 rings (SSSR count). The van der Waals surface area contributed by atoms with Crippen LogP contribution < -0.4 is 0 Å². The van der Waals surface area contributed by atoms with Crippen molar-refractivity contribution >= 4 is 0 Å². The zero-order valence-electron chi connectivity index (χ0n) is 15.4. The normalized spacial score (nSPS) is 12.1. The van der Waals surface area contributed by atoms with E-state index in [1.54, 1.807) is 0 Å². The van der Waals surface area contributed by atoms with Crippen molar-refractivity contribution in [2.45, 2.75) is 91.4 Å². The van der Waals surface area contributed by atoms with Crippen molar-refractivity contribution in [1.82, 2.24) is 0 Å². The van der Waals surface area contributed by atoms with Gasteiger partial charge in [-0.2, -0.15) is 0 Å². The van der Waals surface area contributed by atoms with Gasteiger partial charge in [-0.25, -0.2) is 0 Å². The second-order valence-corrected chi connectivity index (χ2v) is 6.20. The summed E-state index contributed by atoms with van der Waals surface area (Å²) in [6, 6.07) is 0. The van der Waals surface area contributed by atoms with E-state index in [1.807, 2.05) is 0 Å². The summed E-state index contributed by atoms with van der Waals surface area (Å²) in [5, 5.41) is 0. The van der Waals surface area contributed by atoms with Crippen molar-refractivity contribution in [2.75, 3.05) is 0 Å². The van der Waals surface area contributed by atoms with Gasteiger partial charge in [-0.05, 0) is 56.1 Å². The molecular weight excluding hydrogens is 264 g/mol. The molecule has 0 aromatic carbocycles. The first-order valence-corrected chi connectivity index (χ1v) is 9.52. The van der Waals surface area contributed by atoms with Gasteiger partial charge in [0.15, 0.2) is 0 Å². The standard InChI is InChI=1S/C22H38/c1-5-9-13-14-16-20-22(19-15-10-6-2)21(17-11-7-3)18-12-8-4/h7,15-16,19,21H,3,5-6,8-14,17-18H2,1-2,4H3/b19-15+. The van der Waals surface area contributed by atoms with Crippen LogP contribution in [-0.4, -0.2) is 0 Å². The average molecular weight is 303 g/mol. The molecule has 0 aliphatic carbocycles. The first-order valence-electron chi connectivity index (χ1n) is 9.52. The molecule has 0 nitrogen and oxygen atoms in total. The zero-order valence-corrected chi connectivity index (χ0v) is 15.4. The van der Waals surface area contributed by atoms with E-state index in [-0.39, 0.29) is 0 Å². The molecule has 0 aromatic rings. The Hall–Kier alpha value is -1.00. The Bertz CT molecular complexity index is 339. The van der Waals surface area contributed by atoms with Crippen molar-refractivity contribution in [3.8, 4) is 0 Å². The van der Waals surface area contributed by atoms with Crippen molar-refractivity contribution in [3.63, 3.8) is 0 Å². The van der Waals surface area contributed by atoms with Crippen molar-refractivity contribution in [1.29, 1.82) is 0 Å². The van der Waals surface area contributed by atoms with Crippen LogP contribution in [0.5, 0.6) is 0 Å². The van der Waals surface area contributed by atoms with Gasteiger partial charge in [-0.15, -0.1) is 12.3 Å². The highest BCUT2D eigenvalue weighted by Crippen LogP contribution is 2.24. The predicted molar refractivity (Wildman–Crippen MR) is 102 cm³/mol. The molecule has 0 bridgehead atoms. The van der Waals surface area contributed by atoms with E-state index in [1.165, 1.54) is 69.8 Å². The third-order valence-electron chi connectivity index (χ3n) is 4.04. The van der Waals surface area contributed by atoms with E-state index in [4.69, 9.17) is 0 Å². The summed E-state index contributed by atoms with van der Waals surface area (Å²) in [4.78, 5) is 0. The van der Waals surface area contributed by atoms with Crippen LogP contribution in [0.2, 0.25) is 0 Å². The van der Waals surface area contributed by atoms with Crippen LogP contribution >= 0.6 is 0 Å². The molecule has 0 aliphatic rings. The summed E-state index contributed by atoms with van der Waals surface area (Å²) in [7, 11) is 0. The predicted octanol–water partition coefficient (Wildman–Crippen LogP) is 7.78. The lowest BCUT2D eigenvalue weighted by Gasteiger charge is -2.16. The van der Waals surface area contributed by atoms with E-state index in [9.17, 15) is 0 Å². The maximum absolute atomic E-state index is 3.89. The van der Waals surface area contributed by atoms with Crippen LogP contribution in [0.3, 0.4) is 0 Å². The van der Waals surface area contributed by atoms with Crippen molar-refractivity contribution < 1.29 is 0 Å². The van der Waals surface area contributed by atoms with Crippen molar-refractivity contribution in [2.24, 2.45) is 5.92 Å². The third-order valence-corrected chi connectivity index (χ3v) is 4.04. The summed E-state index contributed by atoms with van der Waals surface area (Å²) in [5.41, 5.74) is 5.04. The van der Waals surface area contributed by atoms with Gasteiger partial charge in [-0.1, -0.05) is 71.1 Å². The molecule has 126 valence electrons. The van der Waals surface area contributed by atoms with Crippen LogP contribution in [0.4, 0.5) is 0 Å². The molecule has 0 heterocycles. The lowest BCUT2D eigenvalue weighted by atomic mass is 9.89. The Morgan fingerprint density at radius 1 is 0.909 bits per heavy atom. The SMILES string of the molecule is C=CCCC(CCCC)C(=C=CCCCCC)/C=C/CCC. The molecule has 0 aromatic heterocycles. The fraction of sp³-hybridized carbons (Fsp3) is 0.682. The molecule has 1 atom stereocenters. The second-order valence-electron chi connectivity index (χ2n) is 6.20. The van der Waals surface area contributed by atoms with Gasteiger partial charge in [0.1, 0.15) is 0 Å². The van der Waals surface area contributed by atoms with Gasteiger partial charge < -0.3 is 0 Å².